The molecule has 0 aliphatic heterocycles. The number of aliphatic carboxylic acids is 1. The Morgan fingerprint density at radius 3 is 2.58 bits per heavy atom. The Labute approximate surface area is 153 Å². The van der Waals surface area contributed by atoms with Gasteiger partial charge in [-0.2, -0.15) is 5.10 Å². The fourth-order valence-corrected chi connectivity index (χ4v) is 3.54. The quantitative estimate of drug-likeness (QED) is 0.708. The van der Waals surface area contributed by atoms with Gasteiger partial charge in [-0.05, 0) is 25.7 Å². The van der Waals surface area contributed by atoms with Crippen molar-refractivity contribution in [3.63, 3.8) is 0 Å². The first-order valence-corrected chi connectivity index (χ1v) is 9.29. The first kappa shape index (κ1) is 18.2. The zero-order valence-corrected chi connectivity index (χ0v) is 14.9. The number of carbonyl (C=O) groups excluding carboxylic acids is 1. The lowest BCUT2D eigenvalue weighted by molar-refractivity contribution is -0.137. The molecule has 1 amide bonds. The van der Waals surface area contributed by atoms with Gasteiger partial charge in [0.25, 0.3) is 5.91 Å². The van der Waals surface area contributed by atoms with Crippen LogP contribution < -0.4 is 5.32 Å². The molecular weight excluding hydrogens is 330 g/mol. The highest BCUT2D eigenvalue weighted by atomic mass is 16.4. The van der Waals surface area contributed by atoms with Gasteiger partial charge in [-0.15, -0.1) is 0 Å². The predicted molar refractivity (Wildman–Crippen MR) is 99.0 cm³/mol. The summed E-state index contributed by atoms with van der Waals surface area (Å²) in [5, 5.41) is 16.1. The molecule has 0 spiro atoms. The van der Waals surface area contributed by atoms with Crippen molar-refractivity contribution in [2.75, 3.05) is 6.54 Å². The van der Waals surface area contributed by atoms with E-state index in [1.54, 1.807) is 6.20 Å². The Bertz CT molecular complexity index is 749. The van der Waals surface area contributed by atoms with Crippen LogP contribution in [0.15, 0.2) is 36.5 Å². The van der Waals surface area contributed by atoms with Crippen LogP contribution in [0.3, 0.4) is 0 Å². The number of carboxylic acids is 1. The first-order chi connectivity index (χ1) is 12.7. The smallest absolute Gasteiger partial charge is 0.303 e. The van der Waals surface area contributed by atoms with E-state index in [9.17, 15) is 9.59 Å². The second kappa shape index (κ2) is 8.65. The van der Waals surface area contributed by atoms with Crippen LogP contribution in [0.25, 0.3) is 11.3 Å². The molecule has 0 atom stereocenters. The lowest BCUT2D eigenvalue weighted by Crippen LogP contribution is -2.25. The van der Waals surface area contributed by atoms with E-state index in [1.165, 1.54) is 12.8 Å². The van der Waals surface area contributed by atoms with E-state index < -0.39 is 5.97 Å². The number of carboxylic acid groups (broad SMARTS) is 1. The SMILES string of the molecule is O=C(O)CCCCNC(=O)c1cnn(C2CCCC2)c1-c1ccccc1. The number of carbonyl (C=O) groups is 2. The van der Waals surface area contributed by atoms with E-state index in [0.29, 0.717) is 31.0 Å². The molecule has 2 aromatic rings. The molecule has 138 valence electrons. The average molecular weight is 355 g/mol. The minimum atomic E-state index is -0.805. The Morgan fingerprint density at radius 2 is 1.88 bits per heavy atom. The van der Waals surface area contributed by atoms with Gasteiger partial charge in [-0.25, -0.2) is 0 Å². The van der Waals surface area contributed by atoms with Crippen molar-refractivity contribution in [3.8, 4) is 11.3 Å². The molecule has 3 rings (SSSR count). The van der Waals surface area contributed by atoms with E-state index in [1.807, 2.05) is 35.0 Å². The van der Waals surface area contributed by atoms with Crippen molar-refractivity contribution < 1.29 is 14.7 Å². The number of hydrogen-bond donors (Lipinski definition) is 2. The zero-order valence-electron chi connectivity index (χ0n) is 14.9. The maximum atomic E-state index is 12.7. The van der Waals surface area contributed by atoms with E-state index >= 15 is 0 Å². The monoisotopic (exact) mass is 355 g/mol. The Hall–Kier alpha value is -2.63. The first-order valence-electron chi connectivity index (χ1n) is 9.29. The second-order valence-electron chi connectivity index (χ2n) is 6.76. The highest BCUT2D eigenvalue weighted by Gasteiger charge is 2.25. The lowest BCUT2D eigenvalue weighted by Gasteiger charge is -2.15. The molecule has 26 heavy (non-hydrogen) atoms. The summed E-state index contributed by atoms with van der Waals surface area (Å²) in [6.45, 7) is 0.467. The van der Waals surface area contributed by atoms with Crippen molar-refractivity contribution in [1.29, 1.82) is 0 Å². The van der Waals surface area contributed by atoms with Crippen molar-refractivity contribution in [1.82, 2.24) is 15.1 Å². The normalized spacial score (nSPS) is 14.5. The van der Waals surface area contributed by atoms with Gasteiger partial charge >= 0.3 is 5.97 Å². The molecule has 6 nitrogen and oxygen atoms in total. The van der Waals surface area contributed by atoms with E-state index in [2.05, 4.69) is 10.4 Å². The van der Waals surface area contributed by atoms with Crippen molar-refractivity contribution in [2.24, 2.45) is 0 Å². The van der Waals surface area contributed by atoms with Gasteiger partial charge in [0.15, 0.2) is 0 Å². The molecule has 6 heteroatoms. The van der Waals surface area contributed by atoms with Crippen LogP contribution in [0.5, 0.6) is 0 Å². The topological polar surface area (TPSA) is 84.2 Å². The third kappa shape index (κ3) is 4.31. The largest absolute Gasteiger partial charge is 0.481 e. The summed E-state index contributed by atoms with van der Waals surface area (Å²) < 4.78 is 2.02. The van der Waals surface area contributed by atoms with Crippen molar-refractivity contribution in [3.05, 3.63) is 42.1 Å². The zero-order chi connectivity index (χ0) is 18.4. The number of rotatable bonds is 8. The molecule has 0 bridgehead atoms. The molecule has 0 saturated heterocycles. The van der Waals surface area contributed by atoms with Gasteiger partial charge in [0.2, 0.25) is 0 Å². The standard InChI is InChI=1S/C20H25N3O3/c24-18(25)12-6-7-13-21-20(26)17-14-22-23(16-10-4-5-11-16)19(17)15-8-2-1-3-9-15/h1-3,8-9,14,16H,4-7,10-13H2,(H,21,26)(H,24,25). The maximum absolute atomic E-state index is 12.7. The van der Waals surface area contributed by atoms with Crippen LogP contribution in [0.2, 0.25) is 0 Å². The van der Waals surface area contributed by atoms with Crippen molar-refractivity contribution in [2.45, 2.75) is 51.0 Å². The van der Waals surface area contributed by atoms with Gasteiger partial charge in [-0.3, -0.25) is 14.3 Å². The van der Waals surface area contributed by atoms with E-state index in [4.69, 9.17) is 5.11 Å². The van der Waals surface area contributed by atoms with Gasteiger partial charge in [0.05, 0.1) is 23.5 Å². The molecular formula is C20H25N3O3. The van der Waals surface area contributed by atoms with Crippen LogP contribution >= 0.6 is 0 Å². The molecule has 1 aromatic heterocycles. The number of benzene rings is 1. The lowest BCUT2D eigenvalue weighted by atomic mass is 10.1. The molecule has 1 saturated carbocycles. The van der Waals surface area contributed by atoms with Crippen LogP contribution in [0.4, 0.5) is 0 Å². The maximum Gasteiger partial charge on any atom is 0.303 e. The van der Waals surface area contributed by atoms with Crippen LogP contribution in [-0.2, 0) is 4.79 Å². The molecule has 1 aliphatic carbocycles. The predicted octanol–water partition coefficient (Wildman–Crippen LogP) is 3.65. The van der Waals surface area contributed by atoms with Gasteiger partial charge in [-0.1, -0.05) is 43.2 Å². The molecule has 0 radical (unpaired) electrons. The van der Waals surface area contributed by atoms with Gasteiger partial charge in [0, 0.05) is 18.5 Å². The van der Waals surface area contributed by atoms with Crippen LogP contribution in [-0.4, -0.2) is 33.3 Å². The Balaban J connectivity index is 1.76. The summed E-state index contributed by atoms with van der Waals surface area (Å²) in [6, 6.07) is 10.3. The Morgan fingerprint density at radius 1 is 1.15 bits per heavy atom. The molecule has 1 heterocycles. The number of amides is 1. The molecule has 2 N–H and O–H groups in total. The number of hydrogen-bond acceptors (Lipinski definition) is 3. The molecule has 1 aromatic carbocycles. The van der Waals surface area contributed by atoms with Crippen molar-refractivity contribution >= 4 is 11.9 Å². The van der Waals surface area contributed by atoms with Crippen LogP contribution in [0.1, 0.15) is 61.3 Å². The fourth-order valence-electron chi connectivity index (χ4n) is 3.54. The fraction of sp³-hybridized carbons (Fsp3) is 0.450. The molecule has 1 aliphatic rings. The number of unbranched alkanes of at least 4 members (excludes halogenated alkanes) is 1. The van der Waals surface area contributed by atoms with Crippen LogP contribution in [0, 0.1) is 0 Å². The summed E-state index contributed by atoms with van der Waals surface area (Å²) in [6.07, 6.45) is 7.58. The highest BCUT2D eigenvalue weighted by Crippen LogP contribution is 2.34. The van der Waals surface area contributed by atoms with Gasteiger partial charge in [0.1, 0.15) is 0 Å². The van der Waals surface area contributed by atoms with E-state index in [-0.39, 0.29) is 12.3 Å². The Kier molecular flexibility index (Phi) is 6.04. The highest BCUT2D eigenvalue weighted by molar-refractivity contribution is 5.99. The van der Waals surface area contributed by atoms with Gasteiger partial charge < -0.3 is 10.4 Å². The summed E-state index contributed by atoms with van der Waals surface area (Å²) in [4.78, 5) is 23.2. The molecule has 1 fully saturated rings. The third-order valence-electron chi connectivity index (χ3n) is 4.86. The third-order valence-corrected chi connectivity index (χ3v) is 4.86. The summed E-state index contributed by atoms with van der Waals surface area (Å²) >= 11 is 0. The second-order valence-corrected chi connectivity index (χ2v) is 6.76. The number of nitrogens with zero attached hydrogens (tertiary/aromatic N) is 2. The minimum absolute atomic E-state index is 0.130. The summed E-state index contributed by atoms with van der Waals surface area (Å²) in [7, 11) is 0. The number of nitrogens with one attached hydrogen (secondary N) is 1. The summed E-state index contributed by atoms with van der Waals surface area (Å²) in [5.74, 6) is -0.955. The summed E-state index contributed by atoms with van der Waals surface area (Å²) in [5.41, 5.74) is 2.45. The number of aromatic nitrogens is 2. The van der Waals surface area contributed by atoms with E-state index in [0.717, 1.165) is 24.1 Å². The average Bonchev–Trinajstić information content (AvgIpc) is 3.31. The minimum Gasteiger partial charge on any atom is -0.481 e. The molecule has 0 unspecified atom stereocenters.